The van der Waals surface area contributed by atoms with E-state index in [4.69, 9.17) is 10.5 Å². The number of amides is 3. The predicted octanol–water partition coefficient (Wildman–Crippen LogP) is 1.13. The van der Waals surface area contributed by atoms with Crippen LogP contribution in [0, 0.1) is 5.92 Å². The van der Waals surface area contributed by atoms with E-state index in [9.17, 15) is 19.2 Å². The zero-order valence-electron chi connectivity index (χ0n) is 22.0. The highest BCUT2D eigenvalue weighted by Crippen LogP contribution is 2.21. The molecule has 1 fully saturated rings. The van der Waals surface area contributed by atoms with E-state index >= 15 is 0 Å². The fraction of sp³-hybridized carbons (Fsp3) is 0.444. The number of aromatic amines is 1. The Morgan fingerprint density at radius 1 is 1.26 bits per heavy atom. The molecule has 0 saturated carbocycles. The summed E-state index contributed by atoms with van der Waals surface area (Å²) in [4.78, 5) is 60.6. The minimum atomic E-state index is -0.952. The summed E-state index contributed by atoms with van der Waals surface area (Å²) >= 11 is 0. The molecule has 0 aliphatic carbocycles. The van der Waals surface area contributed by atoms with Crippen molar-refractivity contribution in [3.05, 3.63) is 59.8 Å². The molecule has 0 bridgehead atoms. The number of methoxy groups -OCH3 is 1. The second kappa shape index (κ2) is 13.5. The summed E-state index contributed by atoms with van der Waals surface area (Å²) in [5, 5.41) is 5.43. The number of rotatable bonds is 11. The highest BCUT2D eigenvalue weighted by Gasteiger charge is 2.39. The smallest absolute Gasteiger partial charge is 0.354 e. The minimum Gasteiger partial charge on any atom is -0.464 e. The van der Waals surface area contributed by atoms with Crippen LogP contribution in [0.25, 0.3) is 6.08 Å². The lowest BCUT2D eigenvalue weighted by Gasteiger charge is -2.29. The highest BCUT2D eigenvalue weighted by molar-refractivity contribution is 6.00. The van der Waals surface area contributed by atoms with Gasteiger partial charge < -0.3 is 31.0 Å². The molecule has 11 heteroatoms. The Bertz CT molecular complexity index is 1130. The van der Waals surface area contributed by atoms with Crippen molar-refractivity contribution in [2.24, 2.45) is 11.7 Å². The molecular weight excluding hydrogens is 488 g/mol. The number of esters is 1. The summed E-state index contributed by atoms with van der Waals surface area (Å²) in [6.07, 6.45) is 6.45. The van der Waals surface area contributed by atoms with Crippen LogP contribution in [0.15, 0.2) is 48.6 Å². The third-order valence-corrected chi connectivity index (χ3v) is 6.77. The molecule has 38 heavy (non-hydrogen) atoms. The topological polar surface area (TPSA) is 160 Å². The third-order valence-electron chi connectivity index (χ3n) is 6.77. The standard InChI is InChI=1S/C27H36N6O5/c1-4-17(2)23(28)25(35)31-20(14-19-15-29-16-30-19)26(36)33-12-8-11-22(33)24(34)32-21(27(37)38-3)13-18-9-6-5-7-10-18/h5-7,9-10,13,15-17,20,22-23H,4,8,11-12,14,28H2,1-3H3,(H,29,30)(H,31,35)(H,32,34)/t17-,20-,22-,23-/m0/s1. The van der Waals surface area contributed by atoms with Crippen molar-refractivity contribution in [1.29, 1.82) is 0 Å². The van der Waals surface area contributed by atoms with Gasteiger partial charge >= 0.3 is 5.97 Å². The van der Waals surface area contributed by atoms with Gasteiger partial charge in [-0.3, -0.25) is 14.4 Å². The number of H-pyrrole nitrogens is 1. The molecule has 1 aromatic heterocycles. The van der Waals surface area contributed by atoms with E-state index in [1.54, 1.807) is 30.5 Å². The molecule has 0 radical (unpaired) electrons. The Kier molecular flexibility index (Phi) is 10.2. The van der Waals surface area contributed by atoms with Crippen LogP contribution in [0.2, 0.25) is 0 Å². The van der Waals surface area contributed by atoms with E-state index in [0.717, 1.165) is 0 Å². The molecular formula is C27H36N6O5. The van der Waals surface area contributed by atoms with E-state index in [1.165, 1.54) is 24.4 Å². The van der Waals surface area contributed by atoms with Crippen molar-refractivity contribution in [2.45, 2.75) is 57.7 Å². The van der Waals surface area contributed by atoms with Gasteiger partial charge in [0.2, 0.25) is 17.7 Å². The molecule has 204 valence electrons. The Morgan fingerprint density at radius 2 is 2.00 bits per heavy atom. The number of hydrogen-bond donors (Lipinski definition) is 4. The number of carbonyl (C=O) groups excluding carboxylic acids is 4. The van der Waals surface area contributed by atoms with Crippen molar-refractivity contribution in [3.63, 3.8) is 0 Å². The average Bonchev–Trinajstić information content (AvgIpc) is 3.63. The van der Waals surface area contributed by atoms with Crippen LogP contribution in [-0.2, 0) is 30.3 Å². The summed E-state index contributed by atoms with van der Waals surface area (Å²) in [5.41, 5.74) is 7.43. The van der Waals surface area contributed by atoms with Gasteiger partial charge in [0.25, 0.3) is 0 Å². The zero-order valence-corrected chi connectivity index (χ0v) is 22.0. The Labute approximate surface area is 222 Å². The number of nitrogens with two attached hydrogens (primary N) is 1. The maximum Gasteiger partial charge on any atom is 0.354 e. The van der Waals surface area contributed by atoms with Crippen LogP contribution >= 0.6 is 0 Å². The minimum absolute atomic E-state index is 0.0372. The number of aromatic nitrogens is 2. The number of benzene rings is 1. The van der Waals surface area contributed by atoms with Gasteiger partial charge in [-0.25, -0.2) is 9.78 Å². The van der Waals surface area contributed by atoms with Gasteiger partial charge in [0.05, 0.1) is 19.5 Å². The third kappa shape index (κ3) is 7.28. The van der Waals surface area contributed by atoms with Crippen molar-refractivity contribution >= 4 is 29.8 Å². The van der Waals surface area contributed by atoms with Gasteiger partial charge in [0.1, 0.15) is 17.8 Å². The van der Waals surface area contributed by atoms with Gasteiger partial charge in [0, 0.05) is 24.9 Å². The molecule has 2 aromatic rings. The first-order chi connectivity index (χ1) is 18.2. The summed E-state index contributed by atoms with van der Waals surface area (Å²) in [5.74, 6) is -2.13. The molecule has 3 rings (SSSR count). The normalized spacial score (nSPS) is 17.8. The van der Waals surface area contributed by atoms with Gasteiger partial charge in [-0.2, -0.15) is 0 Å². The van der Waals surface area contributed by atoms with E-state index < -0.39 is 41.8 Å². The lowest BCUT2D eigenvalue weighted by atomic mass is 9.98. The average molecular weight is 525 g/mol. The van der Waals surface area contributed by atoms with Crippen molar-refractivity contribution in [1.82, 2.24) is 25.5 Å². The molecule has 11 nitrogen and oxygen atoms in total. The highest BCUT2D eigenvalue weighted by atomic mass is 16.5. The maximum absolute atomic E-state index is 13.7. The number of nitrogens with one attached hydrogen (secondary N) is 3. The first kappa shape index (κ1) is 28.6. The molecule has 2 heterocycles. The maximum atomic E-state index is 13.7. The van der Waals surface area contributed by atoms with Crippen molar-refractivity contribution in [2.75, 3.05) is 13.7 Å². The van der Waals surface area contributed by atoms with E-state index in [2.05, 4.69) is 20.6 Å². The van der Waals surface area contributed by atoms with Crippen LogP contribution in [0.5, 0.6) is 0 Å². The Morgan fingerprint density at radius 3 is 2.63 bits per heavy atom. The second-order valence-electron chi connectivity index (χ2n) is 9.39. The molecule has 1 aliphatic rings. The first-order valence-corrected chi connectivity index (χ1v) is 12.7. The van der Waals surface area contributed by atoms with Gasteiger partial charge in [-0.1, -0.05) is 50.6 Å². The van der Waals surface area contributed by atoms with Gasteiger partial charge in [-0.15, -0.1) is 0 Å². The number of nitrogens with zero attached hydrogens (tertiary/aromatic N) is 2. The fourth-order valence-corrected chi connectivity index (χ4v) is 4.29. The van der Waals surface area contributed by atoms with Crippen molar-refractivity contribution < 1.29 is 23.9 Å². The lowest BCUT2D eigenvalue weighted by molar-refractivity contribution is -0.142. The Balaban J connectivity index is 1.79. The quantitative estimate of drug-likeness (QED) is 0.253. The van der Waals surface area contributed by atoms with Crippen LogP contribution in [-0.4, -0.2) is 70.3 Å². The van der Waals surface area contributed by atoms with Gasteiger partial charge in [-0.05, 0) is 30.4 Å². The number of ether oxygens (including phenoxy) is 1. The number of imidazole rings is 1. The molecule has 0 unspecified atom stereocenters. The van der Waals surface area contributed by atoms with E-state index in [0.29, 0.717) is 37.1 Å². The fourth-order valence-electron chi connectivity index (χ4n) is 4.29. The summed E-state index contributed by atoms with van der Waals surface area (Å²) in [6, 6.07) is 6.47. The number of hydrogen-bond acceptors (Lipinski definition) is 7. The molecule has 1 aromatic carbocycles. The predicted molar refractivity (Wildman–Crippen MR) is 141 cm³/mol. The van der Waals surface area contributed by atoms with Crippen LogP contribution < -0.4 is 16.4 Å². The summed E-state index contributed by atoms with van der Waals surface area (Å²) < 4.78 is 4.84. The first-order valence-electron chi connectivity index (χ1n) is 12.7. The molecule has 0 spiro atoms. The van der Waals surface area contributed by atoms with Gasteiger partial charge in [0.15, 0.2) is 0 Å². The van der Waals surface area contributed by atoms with Crippen LogP contribution in [0.1, 0.15) is 44.4 Å². The zero-order chi connectivity index (χ0) is 27.7. The molecule has 1 aliphatic heterocycles. The monoisotopic (exact) mass is 524 g/mol. The number of carbonyl (C=O) groups is 4. The Hall–Kier alpha value is -3.99. The van der Waals surface area contributed by atoms with E-state index in [-0.39, 0.29) is 18.0 Å². The largest absolute Gasteiger partial charge is 0.464 e. The molecule has 4 atom stereocenters. The number of likely N-dealkylation sites (tertiary alicyclic amines) is 1. The molecule has 3 amide bonds. The van der Waals surface area contributed by atoms with Crippen molar-refractivity contribution in [3.8, 4) is 0 Å². The SMILES string of the molecule is CC[C@H](C)[C@H](N)C(=O)N[C@@H](Cc1cnc[nH]1)C(=O)N1CCC[C@H]1C(=O)NC(=Cc1ccccc1)C(=O)OC. The van der Waals surface area contributed by atoms with E-state index in [1.807, 2.05) is 19.9 Å². The summed E-state index contributed by atoms with van der Waals surface area (Å²) in [7, 11) is 1.23. The second-order valence-corrected chi connectivity index (χ2v) is 9.39. The lowest BCUT2D eigenvalue weighted by Crippen LogP contribution is -2.57. The molecule has 5 N–H and O–H groups in total. The van der Waals surface area contributed by atoms with Crippen LogP contribution in [0.4, 0.5) is 0 Å². The summed E-state index contributed by atoms with van der Waals surface area (Å²) in [6.45, 7) is 4.14. The molecule has 1 saturated heterocycles. The van der Waals surface area contributed by atoms with Crippen LogP contribution in [0.3, 0.4) is 0 Å².